The second-order valence-corrected chi connectivity index (χ2v) is 9.54. The van der Waals surface area contributed by atoms with Gasteiger partial charge in [0.2, 0.25) is 15.9 Å². The number of alkyl halides is 3. The van der Waals surface area contributed by atoms with Crippen molar-refractivity contribution >= 4 is 37.5 Å². The van der Waals surface area contributed by atoms with Crippen LogP contribution in [0.5, 0.6) is 0 Å². The molecule has 0 radical (unpaired) electrons. The zero-order valence-corrected chi connectivity index (χ0v) is 17.5. The first-order chi connectivity index (χ1) is 13.6. The lowest BCUT2D eigenvalue weighted by Gasteiger charge is -2.31. The average Bonchev–Trinajstić information content (AvgIpc) is 2.68. The number of sulfonamides is 1. The van der Waals surface area contributed by atoms with E-state index in [4.69, 9.17) is 0 Å². The van der Waals surface area contributed by atoms with Gasteiger partial charge in [-0.15, -0.1) is 0 Å². The summed E-state index contributed by atoms with van der Waals surface area (Å²) in [5.41, 5.74) is -1.28. The van der Waals surface area contributed by atoms with Crippen LogP contribution < -0.4 is 5.32 Å². The standard InChI is InChI=1S/C19H18BrF3N2O3S/c20-14-7-9-15(10-8-14)29(27,28)25-11-3-4-13(12-25)18(26)24-17-6-2-1-5-16(17)19(21,22)23/h1-2,5-10,13H,3-4,11-12H2,(H,24,26)/t13-/m1/s1. The normalized spacial score (nSPS) is 18.4. The van der Waals surface area contributed by atoms with Gasteiger partial charge in [-0.2, -0.15) is 17.5 Å². The van der Waals surface area contributed by atoms with Crippen LogP contribution in [0.1, 0.15) is 18.4 Å². The van der Waals surface area contributed by atoms with Gasteiger partial charge in [0.15, 0.2) is 0 Å². The SMILES string of the molecule is O=C(Nc1ccccc1C(F)(F)F)[C@@H]1CCCN(S(=O)(=O)c2ccc(Br)cc2)C1. The number of nitrogens with one attached hydrogen (secondary N) is 1. The molecule has 1 N–H and O–H groups in total. The minimum Gasteiger partial charge on any atom is -0.325 e. The Kier molecular flexibility index (Phi) is 6.35. The number of halogens is 4. The third-order valence-electron chi connectivity index (χ3n) is 4.70. The molecule has 0 saturated carbocycles. The first-order valence-electron chi connectivity index (χ1n) is 8.82. The summed E-state index contributed by atoms with van der Waals surface area (Å²) >= 11 is 3.25. The lowest BCUT2D eigenvalue weighted by atomic mass is 9.98. The highest BCUT2D eigenvalue weighted by molar-refractivity contribution is 9.10. The Hall–Kier alpha value is -1.91. The van der Waals surface area contributed by atoms with Gasteiger partial charge in [-0.25, -0.2) is 8.42 Å². The molecule has 2 aromatic carbocycles. The lowest BCUT2D eigenvalue weighted by Crippen LogP contribution is -2.43. The molecule has 0 unspecified atom stereocenters. The molecule has 3 rings (SSSR count). The summed E-state index contributed by atoms with van der Waals surface area (Å²) in [4.78, 5) is 12.7. The largest absolute Gasteiger partial charge is 0.418 e. The molecule has 1 amide bonds. The highest BCUT2D eigenvalue weighted by Gasteiger charge is 2.36. The van der Waals surface area contributed by atoms with E-state index in [1.807, 2.05) is 0 Å². The maximum Gasteiger partial charge on any atom is 0.418 e. The third kappa shape index (κ3) is 4.99. The van der Waals surface area contributed by atoms with E-state index in [-0.39, 0.29) is 23.7 Å². The molecule has 156 valence electrons. The van der Waals surface area contributed by atoms with Crippen LogP contribution in [0.15, 0.2) is 57.9 Å². The Morgan fingerprint density at radius 1 is 1.10 bits per heavy atom. The van der Waals surface area contributed by atoms with Crippen molar-refractivity contribution in [2.45, 2.75) is 23.9 Å². The summed E-state index contributed by atoms with van der Waals surface area (Å²) in [5, 5.41) is 2.32. The first kappa shape index (κ1) is 21.8. The molecule has 0 aromatic heterocycles. The van der Waals surface area contributed by atoms with Gasteiger partial charge in [-0.3, -0.25) is 4.79 Å². The predicted octanol–water partition coefficient (Wildman–Crippen LogP) is 4.51. The number of benzene rings is 2. The molecule has 1 saturated heterocycles. The van der Waals surface area contributed by atoms with Gasteiger partial charge in [0.1, 0.15) is 0 Å². The zero-order chi connectivity index (χ0) is 21.2. The summed E-state index contributed by atoms with van der Waals surface area (Å²) < 4.78 is 67.0. The van der Waals surface area contributed by atoms with Crippen LogP contribution in [-0.2, 0) is 21.0 Å². The van der Waals surface area contributed by atoms with E-state index in [9.17, 15) is 26.4 Å². The second-order valence-electron chi connectivity index (χ2n) is 6.69. The minimum absolute atomic E-state index is 0.0849. The molecule has 29 heavy (non-hydrogen) atoms. The summed E-state index contributed by atoms with van der Waals surface area (Å²) in [6.45, 7) is 0.166. The Labute approximate surface area is 175 Å². The number of amides is 1. The molecule has 10 heteroatoms. The second kappa shape index (κ2) is 8.45. The quantitative estimate of drug-likeness (QED) is 0.685. The number of nitrogens with zero attached hydrogens (tertiary/aromatic N) is 1. The van der Waals surface area contributed by atoms with Crippen LogP contribution in [0.25, 0.3) is 0 Å². The third-order valence-corrected chi connectivity index (χ3v) is 7.10. The molecule has 1 fully saturated rings. The van der Waals surface area contributed by atoms with Gasteiger partial charge < -0.3 is 5.32 Å². The molecule has 1 heterocycles. The van der Waals surface area contributed by atoms with Crippen molar-refractivity contribution in [3.63, 3.8) is 0 Å². The van der Waals surface area contributed by atoms with Crippen LogP contribution in [-0.4, -0.2) is 31.7 Å². The molecule has 0 spiro atoms. The van der Waals surface area contributed by atoms with Crippen molar-refractivity contribution in [1.82, 2.24) is 4.31 Å². The monoisotopic (exact) mass is 490 g/mol. The molecule has 1 aliphatic rings. The zero-order valence-electron chi connectivity index (χ0n) is 15.1. The smallest absolute Gasteiger partial charge is 0.325 e. The highest BCUT2D eigenvalue weighted by Crippen LogP contribution is 2.35. The molecule has 5 nitrogen and oxygen atoms in total. The summed E-state index contributed by atoms with van der Waals surface area (Å²) in [6.07, 6.45) is -3.77. The minimum atomic E-state index is -4.60. The van der Waals surface area contributed by atoms with Gasteiger partial charge in [0.05, 0.1) is 22.1 Å². The summed E-state index contributed by atoms with van der Waals surface area (Å²) in [6, 6.07) is 10.8. The lowest BCUT2D eigenvalue weighted by molar-refractivity contribution is -0.137. The molecule has 1 aliphatic heterocycles. The van der Waals surface area contributed by atoms with E-state index in [2.05, 4.69) is 21.2 Å². The van der Waals surface area contributed by atoms with Crippen molar-refractivity contribution in [3.05, 3.63) is 58.6 Å². The number of para-hydroxylation sites is 1. The maximum absolute atomic E-state index is 13.1. The van der Waals surface area contributed by atoms with Crippen molar-refractivity contribution in [1.29, 1.82) is 0 Å². The maximum atomic E-state index is 13.1. The van der Waals surface area contributed by atoms with Crippen LogP contribution in [0.3, 0.4) is 0 Å². The van der Waals surface area contributed by atoms with Gasteiger partial charge >= 0.3 is 6.18 Å². The number of piperidine rings is 1. The topological polar surface area (TPSA) is 66.5 Å². The highest BCUT2D eigenvalue weighted by atomic mass is 79.9. The van der Waals surface area contributed by atoms with Gasteiger partial charge in [-0.1, -0.05) is 28.1 Å². The van der Waals surface area contributed by atoms with Crippen molar-refractivity contribution < 1.29 is 26.4 Å². The van der Waals surface area contributed by atoms with E-state index in [0.717, 1.165) is 10.5 Å². The van der Waals surface area contributed by atoms with Gasteiger partial charge in [0, 0.05) is 17.6 Å². The van der Waals surface area contributed by atoms with Gasteiger partial charge in [0.25, 0.3) is 0 Å². The van der Waals surface area contributed by atoms with Crippen molar-refractivity contribution in [3.8, 4) is 0 Å². The fourth-order valence-corrected chi connectivity index (χ4v) is 4.99. The van der Waals surface area contributed by atoms with E-state index < -0.39 is 33.6 Å². The Balaban J connectivity index is 1.76. The van der Waals surface area contributed by atoms with Crippen molar-refractivity contribution in [2.24, 2.45) is 5.92 Å². The number of carbonyl (C=O) groups excluding carboxylic acids is 1. The van der Waals surface area contributed by atoms with Crippen LogP contribution in [0, 0.1) is 5.92 Å². The van der Waals surface area contributed by atoms with Crippen molar-refractivity contribution in [2.75, 3.05) is 18.4 Å². The van der Waals surface area contributed by atoms with E-state index in [0.29, 0.717) is 12.8 Å². The molecular formula is C19H18BrF3N2O3S. The summed E-state index contributed by atoms with van der Waals surface area (Å²) in [7, 11) is -3.80. The average molecular weight is 491 g/mol. The number of anilines is 1. The Morgan fingerprint density at radius 3 is 2.41 bits per heavy atom. The van der Waals surface area contributed by atoms with Gasteiger partial charge in [-0.05, 0) is 49.2 Å². The number of hydrogen-bond donors (Lipinski definition) is 1. The Bertz CT molecular complexity index is 995. The molecule has 2 aromatic rings. The predicted molar refractivity (Wildman–Crippen MR) is 106 cm³/mol. The fraction of sp³-hybridized carbons (Fsp3) is 0.316. The van der Waals surface area contributed by atoms with E-state index in [1.165, 1.54) is 34.6 Å². The summed E-state index contributed by atoms with van der Waals surface area (Å²) in [5.74, 6) is -1.37. The first-order valence-corrected chi connectivity index (χ1v) is 11.0. The van der Waals surface area contributed by atoms with E-state index in [1.54, 1.807) is 12.1 Å². The number of hydrogen-bond acceptors (Lipinski definition) is 3. The van der Waals surface area contributed by atoms with Crippen LogP contribution in [0.4, 0.5) is 18.9 Å². The number of rotatable bonds is 4. The molecule has 0 bridgehead atoms. The van der Waals surface area contributed by atoms with Crippen LogP contribution in [0.2, 0.25) is 0 Å². The molecular weight excluding hydrogens is 473 g/mol. The van der Waals surface area contributed by atoms with Crippen LogP contribution >= 0.6 is 15.9 Å². The Morgan fingerprint density at radius 2 is 1.76 bits per heavy atom. The molecule has 1 atom stereocenters. The fourth-order valence-electron chi connectivity index (χ4n) is 3.20. The molecule has 0 aliphatic carbocycles. The van der Waals surface area contributed by atoms with E-state index >= 15 is 0 Å². The number of carbonyl (C=O) groups is 1.